The van der Waals surface area contributed by atoms with Gasteiger partial charge < -0.3 is 4.98 Å². The van der Waals surface area contributed by atoms with Crippen LogP contribution in [0.3, 0.4) is 0 Å². The van der Waals surface area contributed by atoms with E-state index in [0.29, 0.717) is 5.56 Å². The second kappa shape index (κ2) is 1.89. The van der Waals surface area contributed by atoms with E-state index in [1.165, 1.54) is 6.20 Å². The number of rotatable bonds is 0. The average molecular weight is 124 g/mol. The molecule has 9 heavy (non-hydrogen) atoms. The van der Waals surface area contributed by atoms with Gasteiger partial charge in [-0.25, -0.2) is 4.79 Å². The van der Waals surface area contributed by atoms with E-state index in [4.69, 9.17) is 5.73 Å². The number of nitrogens with zero attached hydrogens (tertiary/aromatic N) is 1. The summed E-state index contributed by atoms with van der Waals surface area (Å²) in [6.07, 6.45) is 1.47. The lowest BCUT2D eigenvalue weighted by Gasteiger charge is -1.91. The van der Waals surface area contributed by atoms with Gasteiger partial charge in [0.15, 0.2) is 5.82 Å². The first-order valence-corrected chi connectivity index (χ1v) is 2.48. The second-order valence-corrected chi connectivity index (χ2v) is 1.74. The third-order valence-electron chi connectivity index (χ3n) is 0.999. The molecule has 2 N–H and O–H groups in total. The van der Waals surface area contributed by atoms with Crippen molar-refractivity contribution < 1.29 is 0 Å². The minimum atomic E-state index is -0.467. The first kappa shape index (κ1) is 5.81. The lowest BCUT2D eigenvalue weighted by Crippen LogP contribution is -2.09. The topological polar surface area (TPSA) is 69.5 Å². The minimum absolute atomic E-state index is 0.0405. The molecule has 0 aliphatic heterocycles. The van der Waals surface area contributed by atoms with E-state index in [1.54, 1.807) is 6.92 Å². The predicted octanol–water partition coefficient (Wildman–Crippen LogP) is -0.00728. The Morgan fingerprint density at radius 2 is 2.44 bits per heavy atom. The summed E-state index contributed by atoms with van der Waals surface area (Å²) >= 11 is 0. The summed E-state index contributed by atoms with van der Waals surface area (Å²) in [5.41, 5.74) is 7.24. The van der Waals surface area contributed by atoms with E-state index in [1.807, 2.05) is 0 Å². The maximum absolute atomic E-state index is 10.4. The van der Waals surface area contributed by atoms with E-state index in [0.717, 1.165) is 0 Å². The van der Waals surface area contributed by atoms with Gasteiger partial charge in [-0.3, -0.25) is 5.73 Å². The Bertz CT molecular complexity index is 265. The van der Waals surface area contributed by atoms with Gasteiger partial charge in [0.1, 0.15) is 0 Å². The maximum atomic E-state index is 10.4. The Hall–Kier alpha value is -1.32. The molecule has 0 saturated carbocycles. The molecule has 47 valence electrons. The van der Waals surface area contributed by atoms with Crippen LogP contribution in [-0.4, -0.2) is 9.97 Å². The third-order valence-corrected chi connectivity index (χ3v) is 0.999. The van der Waals surface area contributed by atoms with Crippen LogP contribution in [0.1, 0.15) is 5.56 Å². The number of hydrogen-bond donors (Lipinski definition) is 1. The van der Waals surface area contributed by atoms with Gasteiger partial charge >= 0.3 is 5.69 Å². The highest BCUT2D eigenvalue weighted by atomic mass is 16.1. The molecule has 0 aliphatic carbocycles. The molecule has 0 aromatic carbocycles. The standard InChI is InChI=1S/C5H6N3O/c1-3-2-7-5(9)8-4(3)6/h2,6H,1H3,(H,7,8,9). The monoisotopic (exact) mass is 124 g/mol. The van der Waals surface area contributed by atoms with Gasteiger partial charge in [0, 0.05) is 11.8 Å². The molecule has 4 nitrogen and oxygen atoms in total. The highest BCUT2D eigenvalue weighted by Gasteiger charge is 1.92. The van der Waals surface area contributed by atoms with Crippen LogP contribution in [0.4, 0.5) is 5.82 Å². The van der Waals surface area contributed by atoms with Crippen molar-refractivity contribution in [1.29, 1.82) is 0 Å². The smallest absolute Gasteiger partial charge is 0.312 e. The SMILES string of the molecule is Cc1c[nH]c(=O)nc1[NH]. The van der Waals surface area contributed by atoms with Crippen LogP contribution in [0.25, 0.3) is 0 Å². The first-order valence-electron chi connectivity index (χ1n) is 2.48. The molecule has 0 amide bonds. The molecule has 1 rings (SSSR count). The van der Waals surface area contributed by atoms with Crippen molar-refractivity contribution in [1.82, 2.24) is 15.7 Å². The fourth-order valence-electron chi connectivity index (χ4n) is 0.460. The zero-order valence-electron chi connectivity index (χ0n) is 4.93. The molecule has 1 heterocycles. The maximum Gasteiger partial charge on any atom is 0.346 e. The van der Waals surface area contributed by atoms with E-state index < -0.39 is 5.69 Å². The minimum Gasteiger partial charge on any atom is -0.312 e. The second-order valence-electron chi connectivity index (χ2n) is 1.74. The summed E-state index contributed by atoms with van der Waals surface area (Å²) in [5.74, 6) is 0.0405. The van der Waals surface area contributed by atoms with Crippen LogP contribution >= 0.6 is 0 Å². The summed E-state index contributed by atoms with van der Waals surface area (Å²) in [7, 11) is 0. The molecule has 1 aromatic rings. The molecule has 0 bridgehead atoms. The first-order chi connectivity index (χ1) is 4.20. The molecule has 0 saturated heterocycles. The Morgan fingerprint density at radius 1 is 1.78 bits per heavy atom. The largest absolute Gasteiger partial charge is 0.346 e. The molecule has 0 fully saturated rings. The number of aryl methyl sites for hydroxylation is 1. The lowest BCUT2D eigenvalue weighted by molar-refractivity contribution is 1.03. The van der Waals surface area contributed by atoms with Crippen molar-refractivity contribution in [2.75, 3.05) is 0 Å². The summed E-state index contributed by atoms with van der Waals surface area (Å²) < 4.78 is 0. The molecule has 1 aromatic heterocycles. The van der Waals surface area contributed by atoms with Gasteiger partial charge in [0.25, 0.3) is 0 Å². The molecule has 0 spiro atoms. The summed E-state index contributed by atoms with van der Waals surface area (Å²) in [5, 5.41) is 0. The van der Waals surface area contributed by atoms with Crippen LogP contribution in [-0.2, 0) is 0 Å². The van der Waals surface area contributed by atoms with Crippen molar-refractivity contribution in [2.45, 2.75) is 6.92 Å². The number of H-pyrrole nitrogens is 1. The van der Waals surface area contributed by atoms with Gasteiger partial charge in [-0.05, 0) is 6.92 Å². The van der Waals surface area contributed by atoms with Gasteiger partial charge in [-0.15, -0.1) is 0 Å². The van der Waals surface area contributed by atoms with Gasteiger partial charge in [-0.2, -0.15) is 4.98 Å². The summed E-state index contributed by atoms with van der Waals surface area (Å²) in [4.78, 5) is 16.0. The Morgan fingerprint density at radius 3 is 2.89 bits per heavy atom. The van der Waals surface area contributed by atoms with E-state index in [2.05, 4.69) is 9.97 Å². The quantitative estimate of drug-likeness (QED) is 0.528. The van der Waals surface area contributed by atoms with Crippen LogP contribution in [0.15, 0.2) is 11.0 Å². The molecular formula is C5H6N3O. The van der Waals surface area contributed by atoms with Gasteiger partial charge in [0.05, 0.1) is 0 Å². The number of aromatic amines is 1. The number of nitrogens with one attached hydrogen (secondary N) is 2. The zero-order chi connectivity index (χ0) is 6.85. The van der Waals surface area contributed by atoms with Gasteiger partial charge in [0.2, 0.25) is 0 Å². The molecule has 4 heteroatoms. The van der Waals surface area contributed by atoms with Crippen LogP contribution < -0.4 is 11.4 Å². The zero-order valence-corrected chi connectivity index (χ0v) is 4.93. The van der Waals surface area contributed by atoms with Gasteiger partial charge in [-0.1, -0.05) is 0 Å². The fraction of sp³-hybridized carbons (Fsp3) is 0.200. The Balaban J connectivity index is 3.34. The van der Waals surface area contributed by atoms with Crippen molar-refractivity contribution >= 4 is 5.82 Å². The number of hydrogen-bond acceptors (Lipinski definition) is 2. The van der Waals surface area contributed by atoms with Crippen LogP contribution in [0.5, 0.6) is 0 Å². The number of aromatic nitrogens is 2. The predicted molar refractivity (Wildman–Crippen MR) is 32.4 cm³/mol. The Labute approximate surface area is 51.7 Å². The Kier molecular flexibility index (Phi) is 1.22. The average Bonchev–Trinajstić information content (AvgIpc) is 1.80. The van der Waals surface area contributed by atoms with Crippen molar-refractivity contribution in [3.05, 3.63) is 22.2 Å². The van der Waals surface area contributed by atoms with Crippen molar-refractivity contribution in [3.63, 3.8) is 0 Å². The lowest BCUT2D eigenvalue weighted by atomic mass is 10.4. The molecule has 1 radical (unpaired) electrons. The summed E-state index contributed by atoms with van der Waals surface area (Å²) in [6.45, 7) is 1.71. The molecule has 0 unspecified atom stereocenters. The highest BCUT2D eigenvalue weighted by Crippen LogP contribution is 2.00. The van der Waals surface area contributed by atoms with Crippen molar-refractivity contribution in [3.8, 4) is 0 Å². The van der Waals surface area contributed by atoms with Crippen LogP contribution in [0, 0.1) is 6.92 Å². The molecular weight excluding hydrogens is 118 g/mol. The third kappa shape index (κ3) is 1.07. The van der Waals surface area contributed by atoms with Crippen molar-refractivity contribution in [2.24, 2.45) is 0 Å². The van der Waals surface area contributed by atoms with E-state index >= 15 is 0 Å². The van der Waals surface area contributed by atoms with Crippen LogP contribution in [0.2, 0.25) is 0 Å². The summed E-state index contributed by atoms with van der Waals surface area (Å²) in [6, 6.07) is 0. The van der Waals surface area contributed by atoms with E-state index in [9.17, 15) is 4.79 Å². The highest BCUT2D eigenvalue weighted by molar-refractivity contribution is 5.30. The van der Waals surface area contributed by atoms with E-state index in [-0.39, 0.29) is 5.82 Å². The molecule has 0 atom stereocenters. The fourth-order valence-corrected chi connectivity index (χ4v) is 0.460. The molecule has 0 aliphatic rings. The normalized spacial score (nSPS) is 9.44.